The Morgan fingerprint density at radius 2 is 2.07 bits per heavy atom. The second-order valence-corrected chi connectivity index (χ2v) is 5.03. The van der Waals surface area contributed by atoms with Crippen LogP contribution in [0, 0.1) is 9.64 Å². The number of hydrogen-bond acceptors (Lipinski definition) is 1. The van der Waals surface area contributed by atoms with Gasteiger partial charge in [-0.05, 0) is 41.5 Å². The molecule has 0 aromatic heterocycles. The molecule has 1 N–H and O–H groups in total. The Morgan fingerprint density at radius 3 is 2.79 bits per heavy atom. The predicted octanol–water partition coefficient (Wildman–Crippen LogP) is 3.84. The van der Waals surface area contributed by atoms with Crippen LogP contribution in [0.25, 0.3) is 0 Å². The number of anilines is 1. The van der Waals surface area contributed by atoms with Crippen molar-refractivity contribution in [2.75, 3.05) is 5.32 Å². The molecule has 14 heavy (non-hydrogen) atoms. The van der Waals surface area contributed by atoms with Crippen molar-refractivity contribution in [2.24, 2.45) is 0 Å². The Kier molecular flexibility index (Phi) is 3.67. The van der Waals surface area contributed by atoms with Crippen LogP contribution in [0.1, 0.15) is 32.1 Å². The lowest BCUT2D eigenvalue weighted by Gasteiger charge is -2.24. The summed E-state index contributed by atoms with van der Waals surface area (Å²) in [7, 11) is 0. The van der Waals surface area contributed by atoms with Crippen LogP contribution in [-0.2, 0) is 0 Å². The summed E-state index contributed by atoms with van der Waals surface area (Å²) in [5.41, 5.74) is 1.18. The SMILES string of the molecule is Ic1ccc[c]c1NC1CCCCC1. The third kappa shape index (κ3) is 2.62. The maximum atomic E-state index is 3.59. The Hall–Kier alpha value is -0.250. The molecule has 2 heteroatoms. The first kappa shape index (κ1) is 10.3. The Balaban J connectivity index is 1.99. The number of benzene rings is 1. The second-order valence-electron chi connectivity index (χ2n) is 3.87. The van der Waals surface area contributed by atoms with Crippen molar-refractivity contribution < 1.29 is 0 Å². The molecule has 0 heterocycles. The standard InChI is InChI=1S/C12H15IN/c13-11-8-4-5-9-12(11)14-10-6-2-1-3-7-10/h4-5,8,10,14H,1-3,6-7H2. The number of rotatable bonds is 2. The second kappa shape index (κ2) is 5.01. The molecule has 75 valence electrons. The molecule has 1 radical (unpaired) electrons. The monoisotopic (exact) mass is 300 g/mol. The van der Waals surface area contributed by atoms with Crippen LogP contribution < -0.4 is 5.32 Å². The summed E-state index contributed by atoms with van der Waals surface area (Å²) < 4.78 is 1.27. The highest BCUT2D eigenvalue weighted by molar-refractivity contribution is 14.1. The average Bonchev–Trinajstić information content (AvgIpc) is 2.23. The van der Waals surface area contributed by atoms with E-state index < -0.39 is 0 Å². The van der Waals surface area contributed by atoms with Crippen LogP contribution in [0.3, 0.4) is 0 Å². The average molecular weight is 300 g/mol. The maximum Gasteiger partial charge on any atom is 0.0558 e. The quantitative estimate of drug-likeness (QED) is 0.818. The van der Waals surface area contributed by atoms with E-state index in [9.17, 15) is 0 Å². The summed E-state index contributed by atoms with van der Waals surface area (Å²) >= 11 is 2.36. The normalized spacial score (nSPS) is 18.1. The topological polar surface area (TPSA) is 12.0 Å². The van der Waals surface area contributed by atoms with Crippen LogP contribution in [0.5, 0.6) is 0 Å². The summed E-state index contributed by atoms with van der Waals surface area (Å²) in [6, 6.07) is 10.1. The Morgan fingerprint density at radius 1 is 1.29 bits per heavy atom. The van der Waals surface area contributed by atoms with E-state index >= 15 is 0 Å². The van der Waals surface area contributed by atoms with Crippen molar-refractivity contribution >= 4 is 28.3 Å². The van der Waals surface area contributed by atoms with Crippen LogP contribution in [-0.4, -0.2) is 6.04 Å². The molecule has 1 aromatic rings. The molecule has 1 aliphatic rings. The minimum atomic E-state index is 0.677. The molecule has 0 atom stereocenters. The fourth-order valence-corrected chi connectivity index (χ4v) is 2.50. The van der Waals surface area contributed by atoms with Gasteiger partial charge in [-0.15, -0.1) is 0 Å². The van der Waals surface area contributed by atoms with Gasteiger partial charge < -0.3 is 5.32 Å². The number of para-hydroxylation sites is 1. The molecule has 0 bridgehead atoms. The minimum absolute atomic E-state index is 0.677. The minimum Gasteiger partial charge on any atom is -0.381 e. The molecule has 0 aliphatic heterocycles. The van der Waals surface area contributed by atoms with Gasteiger partial charge in [-0.1, -0.05) is 31.4 Å². The highest BCUT2D eigenvalue weighted by Crippen LogP contribution is 2.23. The third-order valence-corrected chi connectivity index (χ3v) is 3.66. The van der Waals surface area contributed by atoms with Crippen molar-refractivity contribution in [1.29, 1.82) is 0 Å². The van der Waals surface area contributed by atoms with Gasteiger partial charge in [0.25, 0.3) is 0 Å². The molecule has 0 spiro atoms. The number of halogens is 1. The van der Waals surface area contributed by atoms with E-state index in [1.165, 1.54) is 41.4 Å². The molecular formula is C12H15IN. The van der Waals surface area contributed by atoms with E-state index in [0.717, 1.165) is 0 Å². The van der Waals surface area contributed by atoms with E-state index in [4.69, 9.17) is 0 Å². The number of hydrogen-bond donors (Lipinski definition) is 1. The fraction of sp³-hybridized carbons (Fsp3) is 0.500. The van der Waals surface area contributed by atoms with E-state index in [2.05, 4.69) is 40.0 Å². The maximum absolute atomic E-state index is 3.59. The highest BCUT2D eigenvalue weighted by atomic mass is 127. The predicted molar refractivity (Wildman–Crippen MR) is 68.5 cm³/mol. The lowest BCUT2D eigenvalue weighted by Crippen LogP contribution is -2.22. The summed E-state index contributed by atoms with van der Waals surface area (Å²) in [5, 5.41) is 3.59. The molecular weight excluding hydrogens is 285 g/mol. The van der Waals surface area contributed by atoms with Gasteiger partial charge in [0.1, 0.15) is 0 Å². The van der Waals surface area contributed by atoms with E-state index in [1.807, 2.05) is 12.1 Å². The molecule has 2 rings (SSSR count). The summed E-state index contributed by atoms with van der Waals surface area (Å²) in [6.45, 7) is 0. The fourth-order valence-electron chi connectivity index (χ4n) is 1.98. The van der Waals surface area contributed by atoms with Crippen LogP contribution in [0.15, 0.2) is 18.2 Å². The zero-order chi connectivity index (χ0) is 9.80. The highest BCUT2D eigenvalue weighted by Gasteiger charge is 2.13. The van der Waals surface area contributed by atoms with Gasteiger partial charge in [-0.25, -0.2) is 0 Å². The van der Waals surface area contributed by atoms with Gasteiger partial charge in [0.15, 0.2) is 0 Å². The first-order valence-corrected chi connectivity index (χ1v) is 6.37. The van der Waals surface area contributed by atoms with Gasteiger partial charge >= 0.3 is 0 Å². The van der Waals surface area contributed by atoms with Gasteiger partial charge in [-0.3, -0.25) is 0 Å². The van der Waals surface area contributed by atoms with E-state index in [0.29, 0.717) is 6.04 Å². The molecule has 1 nitrogen and oxygen atoms in total. The van der Waals surface area contributed by atoms with E-state index in [-0.39, 0.29) is 0 Å². The molecule has 0 unspecified atom stereocenters. The van der Waals surface area contributed by atoms with Crippen molar-refractivity contribution in [3.05, 3.63) is 27.8 Å². The first-order valence-electron chi connectivity index (χ1n) is 5.29. The van der Waals surface area contributed by atoms with E-state index in [1.54, 1.807) is 0 Å². The molecule has 1 fully saturated rings. The third-order valence-electron chi connectivity index (χ3n) is 2.76. The lowest BCUT2D eigenvalue weighted by molar-refractivity contribution is 0.462. The zero-order valence-corrected chi connectivity index (χ0v) is 10.4. The van der Waals surface area contributed by atoms with Crippen molar-refractivity contribution in [1.82, 2.24) is 0 Å². The van der Waals surface area contributed by atoms with Gasteiger partial charge in [0.05, 0.1) is 5.69 Å². The molecule has 1 aromatic carbocycles. The summed E-state index contributed by atoms with van der Waals surface area (Å²) in [5.74, 6) is 0. The van der Waals surface area contributed by atoms with Gasteiger partial charge in [0.2, 0.25) is 0 Å². The number of nitrogens with one attached hydrogen (secondary N) is 1. The molecule has 0 saturated heterocycles. The van der Waals surface area contributed by atoms with Crippen molar-refractivity contribution in [3.8, 4) is 0 Å². The summed E-state index contributed by atoms with van der Waals surface area (Å²) in [4.78, 5) is 0. The van der Waals surface area contributed by atoms with Crippen molar-refractivity contribution in [3.63, 3.8) is 0 Å². The smallest absolute Gasteiger partial charge is 0.0558 e. The van der Waals surface area contributed by atoms with Crippen molar-refractivity contribution in [2.45, 2.75) is 38.1 Å². The largest absolute Gasteiger partial charge is 0.381 e. The summed E-state index contributed by atoms with van der Waals surface area (Å²) in [6.07, 6.45) is 6.80. The molecule has 1 saturated carbocycles. The van der Waals surface area contributed by atoms with Crippen LogP contribution in [0.2, 0.25) is 0 Å². The van der Waals surface area contributed by atoms with Gasteiger partial charge in [-0.2, -0.15) is 0 Å². The zero-order valence-electron chi connectivity index (χ0n) is 8.22. The molecule has 0 amide bonds. The first-order chi connectivity index (χ1) is 6.86. The van der Waals surface area contributed by atoms with Crippen LogP contribution in [0.4, 0.5) is 5.69 Å². The Bertz CT molecular complexity index is 292. The Labute approximate surface area is 99.4 Å². The van der Waals surface area contributed by atoms with Crippen LogP contribution >= 0.6 is 22.6 Å². The lowest BCUT2D eigenvalue weighted by atomic mass is 9.95. The molecule has 1 aliphatic carbocycles. The van der Waals surface area contributed by atoms with Gasteiger partial charge in [0, 0.05) is 15.7 Å².